The number of nitrogens with one attached hydrogen (secondary N) is 2. The fourth-order valence-corrected chi connectivity index (χ4v) is 3.14. The fourth-order valence-electron chi connectivity index (χ4n) is 3.14. The van der Waals surface area contributed by atoms with E-state index in [-0.39, 0.29) is 6.10 Å². The van der Waals surface area contributed by atoms with Crippen molar-refractivity contribution >= 4 is 5.96 Å². The summed E-state index contributed by atoms with van der Waals surface area (Å²) >= 11 is 0. The highest BCUT2D eigenvalue weighted by molar-refractivity contribution is 5.79. The number of aryl methyl sites for hydroxylation is 1. The molecule has 1 aliphatic carbocycles. The van der Waals surface area contributed by atoms with Gasteiger partial charge in [-0.05, 0) is 38.7 Å². The summed E-state index contributed by atoms with van der Waals surface area (Å²) in [5, 5.41) is 10.2. The Balaban J connectivity index is 1.63. The van der Waals surface area contributed by atoms with Crippen LogP contribution in [0.1, 0.15) is 43.0 Å². The van der Waals surface area contributed by atoms with Gasteiger partial charge in [-0.25, -0.2) is 0 Å². The third-order valence-corrected chi connectivity index (χ3v) is 4.51. The minimum atomic E-state index is 0.262. The smallest absolute Gasteiger partial charge is 0.246 e. The van der Waals surface area contributed by atoms with Gasteiger partial charge in [0.15, 0.2) is 23.3 Å². The molecule has 3 rings (SSSR count). The van der Waals surface area contributed by atoms with Gasteiger partial charge in [-0.3, -0.25) is 4.99 Å². The van der Waals surface area contributed by atoms with Crippen LogP contribution in [0.2, 0.25) is 0 Å². The number of hydrogen-bond acceptors (Lipinski definition) is 6. The lowest BCUT2D eigenvalue weighted by Crippen LogP contribution is -2.36. The Hall–Kier alpha value is -2.77. The number of ether oxygens (including phenoxy) is 2. The first kappa shape index (κ1) is 19.0. The van der Waals surface area contributed by atoms with E-state index in [1.807, 2.05) is 18.2 Å². The van der Waals surface area contributed by atoms with E-state index in [1.165, 1.54) is 12.8 Å². The molecule has 146 valence electrons. The lowest BCUT2D eigenvalue weighted by Gasteiger charge is -2.20. The Morgan fingerprint density at radius 3 is 2.70 bits per heavy atom. The van der Waals surface area contributed by atoms with Crippen LogP contribution < -0.4 is 20.1 Å². The van der Waals surface area contributed by atoms with Crippen molar-refractivity contribution in [3.8, 4) is 11.5 Å². The van der Waals surface area contributed by atoms with Gasteiger partial charge in [-0.2, -0.15) is 4.98 Å². The molecular weight excluding hydrogens is 346 g/mol. The first-order valence-corrected chi connectivity index (χ1v) is 9.26. The van der Waals surface area contributed by atoms with Crippen LogP contribution in [0.3, 0.4) is 0 Å². The molecule has 27 heavy (non-hydrogen) atoms. The second-order valence-electron chi connectivity index (χ2n) is 6.49. The molecule has 0 bridgehead atoms. The average molecular weight is 373 g/mol. The van der Waals surface area contributed by atoms with E-state index in [4.69, 9.17) is 14.0 Å². The summed E-state index contributed by atoms with van der Waals surface area (Å²) in [6.45, 7) is 2.75. The van der Waals surface area contributed by atoms with Crippen molar-refractivity contribution in [3.63, 3.8) is 0 Å². The van der Waals surface area contributed by atoms with Crippen LogP contribution in [0.5, 0.6) is 11.5 Å². The third kappa shape index (κ3) is 5.12. The van der Waals surface area contributed by atoms with E-state index in [0.717, 1.165) is 29.9 Å². The van der Waals surface area contributed by atoms with E-state index in [1.54, 1.807) is 21.1 Å². The molecule has 2 N–H and O–H groups in total. The van der Waals surface area contributed by atoms with E-state index in [2.05, 4.69) is 25.8 Å². The maximum atomic E-state index is 6.27. The summed E-state index contributed by atoms with van der Waals surface area (Å²) in [7, 11) is 3.39. The lowest BCUT2D eigenvalue weighted by molar-refractivity contribution is 0.198. The van der Waals surface area contributed by atoms with Gasteiger partial charge in [-0.15, -0.1) is 0 Å². The van der Waals surface area contributed by atoms with Crippen LogP contribution in [0, 0.1) is 6.92 Å². The average Bonchev–Trinajstić information content (AvgIpc) is 3.34. The number of hydrogen-bond donors (Lipinski definition) is 2. The minimum Gasteiger partial charge on any atom is -0.493 e. The normalized spacial score (nSPS) is 15.0. The summed E-state index contributed by atoms with van der Waals surface area (Å²) in [5.41, 5.74) is 1.03. The molecule has 8 heteroatoms. The molecule has 1 saturated carbocycles. The Morgan fingerprint density at radius 2 is 2.04 bits per heavy atom. The summed E-state index contributed by atoms with van der Waals surface area (Å²) in [6.07, 6.45) is 4.89. The highest BCUT2D eigenvalue weighted by Crippen LogP contribution is 2.34. The number of rotatable bonds is 7. The van der Waals surface area contributed by atoms with Crippen molar-refractivity contribution in [1.29, 1.82) is 0 Å². The van der Waals surface area contributed by atoms with Gasteiger partial charge >= 0.3 is 0 Å². The first-order valence-electron chi connectivity index (χ1n) is 9.26. The van der Waals surface area contributed by atoms with Gasteiger partial charge in [0.05, 0.1) is 19.8 Å². The van der Waals surface area contributed by atoms with Crippen molar-refractivity contribution in [2.75, 3.05) is 14.2 Å². The maximum absolute atomic E-state index is 6.27. The molecule has 1 aliphatic rings. The van der Waals surface area contributed by atoms with Crippen molar-refractivity contribution in [1.82, 2.24) is 20.8 Å². The van der Waals surface area contributed by atoms with Crippen molar-refractivity contribution in [2.24, 2.45) is 4.99 Å². The second-order valence-corrected chi connectivity index (χ2v) is 6.49. The quantitative estimate of drug-likeness (QED) is 0.569. The zero-order valence-corrected chi connectivity index (χ0v) is 16.1. The largest absolute Gasteiger partial charge is 0.493 e. The number of methoxy groups -OCH3 is 1. The predicted octanol–water partition coefficient (Wildman–Crippen LogP) is 2.57. The highest BCUT2D eigenvalue weighted by atomic mass is 16.5. The van der Waals surface area contributed by atoms with E-state index in [0.29, 0.717) is 30.8 Å². The second kappa shape index (κ2) is 9.25. The molecule has 0 aliphatic heterocycles. The molecule has 0 saturated heterocycles. The number of aromatic nitrogens is 2. The lowest BCUT2D eigenvalue weighted by atomic mass is 10.1. The predicted molar refractivity (Wildman–Crippen MR) is 102 cm³/mol. The molecular formula is C19H27N5O3. The Labute approximate surface area is 159 Å². The monoisotopic (exact) mass is 373 g/mol. The number of para-hydroxylation sites is 1. The van der Waals surface area contributed by atoms with Gasteiger partial charge in [0.1, 0.15) is 0 Å². The van der Waals surface area contributed by atoms with E-state index in [9.17, 15) is 0 Å². The highest BCUT2D eigenvalue weighted by Gasteiger charge is 2.20. The van der Waals surface area contributed by atoms with Crippen molar-refractivity contribution in [2.45, 2.75) is 51.8 Å². The number of aliphatic imine (C=N–C) groups is 1. The van der Waals surface area contributed by atoms with E-state index >= 15 is 0 Å². The number of nitrogens with zero attached hydrogens (tertiary/aromatic N) is 3. The van der Waals surface area contributed by atoms with Crippen molar-refractivity contribution < 1.29 is 14.0 Å². The third-order valence-electron chi connectivity index (χ3n) is 4.51. The molecule has 1 fully saturated rings. The topological polar surface area (TPSA) is 93.8 Å². The van der Waals surface area contributed by atoms with Crippen molar-refractivity contribution in [3.05, 3.63) is 35.5 Å². The van der Waals surface area contributed by atoms with Gasteiger partial charge in [0, 0.05) is 19.2 Å². The fraction of sp³-hybridized carbons (Fsp3) is 0.526. The maximum Gasteiger partial charge on any atom is 0.246 e. The van der Waals surface area contributed by atoms with Gasteiger partial charge in [-0.1, -0.05) is 17.3 Å². The van der Waals surface area contributed by atoms with Crippen LogP contribution >= 0.6 is 0 Å². The van der Waals surface area contributed by atoms with Crippen LogP contribution in [-0.2, 0) is 13.1 Å². The van der Waals surface area contributed by atoms with Gasteiger partial charge in [0.2, 0.25) is 5.89 Å². The van der Waals surface area contributed by atoms with Crippen LogP contribution in [0.4, 0.5) is 0 Å². The Morgan fingerprint density at radius 1 is 1.26 bits per heavy atom. The SMILES string of the molecule is CN=C(NCc1nc(C)no1)NCc1cccc(OC)c1OC1CCCC1. The molecule has 0 unspecified atom stereocenters. The summed E-state index contributed by atoms with van der Waals surface area (Å²) in [4.78, 5) is 8.40. The summed E-state index contributed by atoms with van der Waals surface area (Å²) in [5.74, 6) is 3.33. The number of guanidine groups is 1. The molecule has 1 aromatic carbocycles. The molecule has 1 aromatic heterocycles. The zero-order valence-electron chi connectivity index (χ0n) is 16.1. The molecule has 2 aromatic rings. The molecule has 8 nitrogen and oxygen atoms in total. The zero-order chi connectivity index (χ0) is 19.1. The van der Waals surface area contributed by atoms with E-state index < -0.39 is 0 Å². The first-order chi connectivity index (χ1) is 13.2. The van der Waals surface area contributed by atoms with Crippen LogP contribution in [0.25, 0.3) is 0 Å². The summed E-state index contributed by atoms with van der Waals surface area (Å²) in [6, 6.07) is 5.93. The van der Waals surface area contributed by atoms with Crippen LogP contribution in [-0.4, -0.2) is 36.4 Å². The number of benzene rings is 1. The molecule has 0 spiro atoms. The van der Waals surface area contributed by atoms with Crippen LogP contribution in [0.15, 0.2) is 27.7 Å². The summed E-state index contributed by atoms with van der Waals surface area (Å²) < 4.78 is 16.9. The minimum absolute atomic E-state index is 0.262. The van der Waals surface area contributed by atoms with Gasteiger partial charge < -0.3 is 24.6 Å². The molecule has 0 radical (unpaired) electrons. The molecule has 1 heterocycles. The molecule has 0 amide bonds. The molecule has 0 atom stereocenters. The Kier molecular flexibility index (Phi) is 6.51. The van der Waals surface area contributed by atoms with Gasteiger partial charge in [0.25, 0.3) is 0 Å². The standard InChI is InChI=1S/C19H27N5O3/c1-13-23-17(27-24-13)12-22-19(20-2)21-11-14-7-6-10-16(25-3)18(14)26-15-8-4-5-9-15/h6-7,10,15H,4-5,8-9,11-12H2,1-3H3,(H2,20,21,22). The Bertz CT molecular complexity index is 768.